The first-order valence-electron chi connectivity index (χ1n) is 8.71. The topological polar surface area (TPSA) is 103 Å². The Morgan fingerprint density at radius 1 is 1.18 bits per heavy atom. The molecule has 28 heavy (non-hydrogen) atoms. The highest BCUT2D eigenvalue weighted by atomic mass is 19.1. The van der Waals surface area contributed by atoms with Gasteiger partial charge in [-0.1, -0.05) is 32.0 Å². The number of aryl methyl sites for hydroxylation is 1. The van der Waals surface area contributed by atoms with Crippen LogP contribution in [-0.2, 0) is 0 Å². The van der Waals surface area contributed by atoms with E-state index in [4.69, 9.17) is 5.73 Å². The number of hydrogen-bond acceptors (Lipinski definition) is 4. The lowest BCUT2D eigenvalue weighted by molar-refractivity contribution is 0.0994. The lowest BCUT2D eigenvalue weighted by Gasteiger charge is -2.12. The van der Waals surface area contributed by atoms with Gasteiger partial charge in [-0.3, -0.25) is 9.59 Å². The number of para-hydroxylation sites is 1. The summed E-state index contributed by atoms with van der Waals surface area (Å²) < 4.78 is 15.6. The molecule has 3 aromatic rings. The van der Waals surface area contributed by atoms with Gasteiger partial charge in [0.25, 0.3) is 5.91 Å². The number of carbonyl (C=O) groups excluding carboxylic acids is 2. The van der Waals surface area contributed by atoms with Gasteiger partial charge >= 0.3 is 0 Å². The normalized spacial score (nSPS) is 10.9. The fourth-order valence-electron chi connectivity index (χ4n) is 2.84. The van der Waals surface area contributed by atoms with Crippen LogP contribution in [0.4, 0.5) is 10.1 Å². The van der Waals surface area contributed by atoms with Crippen molar-refractivity contribution in [3.63, 3.8) is 0 Å². The molecule has 0 fully saturated rings. The van der Waals surface area contributed by atoms with Gasteiger partial charge in [-0.25, -0.2) is 14.1 Å². The number of amides is 2. The number of anilines is 1. The van der Waals surface area contributed by atoms with Crippen LogP contribution < -0.4 is 11.1 Å². The molecule has 0 atom stereocenters. The monoisotopic (exact) mass is 381 g/mol. The van der Waals surface area contributed by atoms with Crippen LogP contribution in [0.3, 0.4) is 0 Å². The minimum Gasteiger partial charge on any atom is -0.366 e. The predicted molar refractivity (Wildman–Crippen MR) is 103 cm³/mol. The summed E-state index contributed by atoms with van der Waals surface area (Å²) in [7, 11) is 0. The van der Waals surface area contributed by atoms with Crippen molar-refractivity contribution in [1.29, 1.82) is 0 Å². The Morgan fingerprint density at radius 3 is 2.57 bits per heavy atom. The van der Waals surface area contributed by atoms with E-state index in [-0.39, 0.29) is 23.0 Å². The van der Waals surface area contributed by atoms with E-state index in [1.807, 2.05) is 24.3 Å². The molecule has 1 heterocycles. The highest BCUT2D eigenvalue weighted by Crippen LogP contribution is 2.23. The first kappa shape index (κ1) is 19.2. The summed E-state index contributed by atoms with van der Waals surface area (Å²) in [4.78, 5) is 28.0. The molecule has 0 saturated heterocycles. The molecule has 2 amide bonds. The molecule has 2 aromatic carbocycles. The Labute approximate surface area is 161 Å². The fourth-order valence-corrected chi connectivity index (χ4v) is 2.84. The summed E-state index contributed by atoms with van der Waals surface area (Å²) >= 11 is 0. The minimum atomic E-state index is -0.723. The lowest BCUT2D eigenvalue weighted by atomic mass is 10.0. The van der Waals surface area contributed by atoms with Gasteiger partial charge in [0.1, 0.15) is 11.6 Å². The number of rotatable bonds is 5. The first-order valence-corrected chi connectivity index (χ1v) is 8.71. The van der Waals surface area contributed by atoms with E-state index in [9.17, 15) is 14.0 Å². The van der Waals surface area contributed by atoms with E-state index in [1.165, 1.54) is 12.1 Å². The minimum absolute atomic E-state index is 0.0808. The number of aromatic nitrogens is 3. The standard InChI is InChI=1S/C20H20FN5O2/c1-11(2)14-6-4-5-7-17(14)26-12(3)23-19(25-26)20(28)24-16-10-13(18(22)27)8-9-15(16)21/h4-11H,1-3H3,(H2,22,27)(H,24,28). The van der Waals surface area contributed by atoms with Crippen LogP contribution in [0.15, 0.2) is 42.5 Å². The van der Waals surface area contributed by atoms with E-state index < -0.39 is 17.6 Å². The van der Waals surface area contributed by atoms with Gasteiger partial charge in [0.15, 0.2) is 0 Å². The Balaban J connectivity index is 1.93. The summed E-state index contributed by atoms with van der Waals surface area (Å²) in [6.45, 7) is 5.86. The second kappa shape index (κ2) is 7.59. The predicted octanol–water partition coefficient (Wildman–Crippen LogP) is 3.19. The van der Waals surface area contributed by atoms with Crippen molar-refractivity contribution < 1.29 is 14.0 Å². The summed E-state index contributed by atoms with van der Waals surface area (Å²) in [6.07, 6.45) is 0. The van der Waals surface area contributed by atoms with Crippen LogP contribution in [0.5, 0.6) is 0 Å². The number of hydrogen-bond donors (Lipinski definition) is 2. The molecule has 144 valence electrons. The zero-order chi connectivity index (χ0) is 20.4. The van der Waals surface area contributed by atoms with E-state index in [0.717, 1.165) is 17.3 Å². The first-order chi connectivity index (χ1) is 13.3. The Morgan fingerprint density at radius 2 is 1.89 bits per heavy atom. The molecule has 0 spiro atoms. The summed E-state index contributed by atoms with van der Waals surface area (Å²) in [6, 6.07) is 11.2. The van der Waals surface area contributed by atoms with Gasteiger partial charge in [0, 0.05) is 5.56 Å². The quantitative estimate of drug-likeness (QED) is 0.708. The molecule has 0 radical (unpaired) electrons. The van der Waals surface area contributed by atoms with E-state index in [1.54, 1.807) is 11.6 Å². The summed E-state index contributed by atoms with van der Waals surface area (Å²) in [5.41, 5.74) is 6.99. The van der Waals surface area contributed by atoms with Crippen LogP contribution in [0.2, 0.25) is 0 Å². The van der Waals surface area contributed by atoms with Crippen LogP contribution in [0, 0.1) is 12.7 Å². The Bertz CT molecular complexity index is 1060. The molecule has 3 rings (SSSR count). The average molecular weight is 381 g/mol. The molecule has 0 aliphatic rings. The molecular weight excluding hydrogens is 361 g/mol. The second-order valence-corrected chi connectivity index (χ2v) is 6.62. The third kappa shape index (κ3) is 3.75. The van der Waals surface area contributed by atoms with E-state index >= 15 is 0 Å². The molecule has 0 saturated carbocycles. The molecule has 0 aliphatic heterocycles. The molecule has 0 unspecified atom stereocenters. The van der Waals surface area contributed by atoms with Crippen LogP contribution in [-0.4, -0.2) is 26.6 Å². The number of benzene rings is 2. The van der Waals surface area contributed by atoms with Gasteiger partial charge < -0.3 is 11.1 Å². The van der Waals surface area contributed by atoms with Gasteiger partial charge in [0.05, 0.1) is 11.4 Å². The highest BCUT2D eigenvalue weighted by Gasteiger charge is 2.19. The van der Waals surface area contributed by atoms with E-state index in [0.29, 0.717) is 5.82 Å². The third-order valence-corrected chi connectivity index (χ3v) is 4.26. The third-order valence-electron chi connectivity index (χ3n) is 4.26. The SMILES string of the molecule is Cc1nc(C(=O)Nc2cc(C(N)=O)ccc2F)nn1-c1ccccc1C(C)C. The Kier molecular flexibility index (Phi) is 5.21. The largest absolute Gasteiger partial charge is 0.366 e. The zero-order valence-corrected chi connectivity index (χ0v) is 15.7. The smallest absolute Gasteiger partial charge is 0.295 e. The number of primary amides is 1. The van der Waals surface area contributed by atoms with Gasteiger partial charge in [-0.15, -0.1) is 5.10 Å². The van der Waals surface area contributed by atoms with Gasteiger partial charge in [0.2, 0.25) is 11.7 Å². The van der Waals surface area contributed by atoms with Crippen molar-refractivity contribution in [2.45, 2.75) is 26.7 Å². The summed E-state index contributed by atoms with van der Waals surface area (Å²) in [5, 5.41) is 6.68. The number of halogens is 1. The second-order valence-electron chi connectivity index (χ2n) is 6.62. The van der Waals surface area contributed by atoms with Crippen molar-refractivity contribution in [2.75, 3.05) is 5.32 Å². The zero-order valence-electron chi connectivity index (χ0n) is 15.7. The van der Waals surface area contributed by atoms with Crippen LogP contribution in [0.1, 0.15) is 52.1 Å². The average Bonchev–Trinajstić information content (AvgIpc) is 3.05. The summed E-state index contributed by atoms with van der Waals surface area (Å²) in [5.74, 6) is -1.45. The number of nitrogens with one attached hydrogen (secondary N) is 1. The van der Waals surface area contributed by atoms with Gasteiger partial charge in [-0.2, -0.15) is 0 Å². The molecule has 8 heteroatoms. The van der Waals surface area contributed by atoms with Crippen molar-refractivity contribution in [3.05, 3.63) is 71.1 Å². The van der Waals surface area contributed by atoms with E-state index in [2.05, 4.69) is 29.2 Å². The fraction of sp³-hybridized carbons (Fsp3) is 0.200. The number of nitrogens with zero attached hydrogens (tertiary/aromatic N) is 3. The lowest BCUT2D eigenvalue weighted by Crippen LogP contribution is -2.17. The van der Waals surface area contributed by atoms with Crippen molar-refractivity contribution in [3.8, 4) is 5.69 Å². The molecule has 3 N–H and O–H groups in total. The van der Waals surface area contributed by atoms with Crippen molar-refractivity contribution in [2.24, 2.45) is 5.73 Å². The van der Waals surface area contributed by atoms with Crippen molar-refractivity contribution >= 4 is 17.5 Å². The molecule has 0 bridgehead atoms. The van der Waals surface area contributed by atoms with Crippen molar-refractivity contribution in [1.82, 2.24) is 14.8 Å². The highest BCUT2D eigenvalue weighted by molar-refractivity contribution is 6.02. The maximum Gasteiger partial charge on any atom is 0.295 e. The maximum atomic E-state index is 14.0. The molecule has 0 aliphatic carbocycles. The van der Waals surface area contributed by atoms with Crippen LogP contribution in [0.25, 0.3) is 5.69 Å². The number of carbonyl (C=O) groups is 2. The molecule has 7 nitrogen and oxygen atoms in total. The molecule has 1 aromatic heterocycles. The maximum absolute atomic E-state index is 14.0. The van der Waals surface area contributed by atoms with Gasteiger partial charge in [-0.05, 0) is 42.7 Å². The Hall–Kier alpha value is -3.55. The molecular formula is C20H20FN5O2. The van der Waals surface area contributed by atoms with Crippen LogP contribution >= 0.6 is 0 Å². The number of nitrogens with two attached hydrogens (primary N) is 1.